The van der Waals surface area contributed by atoms with Gasteiger partial charge in [-0.25, -0.2) is 0 Å². The van der Waals surface area contributed by atoms with Crippen LogP contribution in [-0.4, -0.2) is 26.2 Å². The number of rotatable bonds is 12. The Morgan fingerprint density at radius 3 is 2.32 bits per heavy atom. The van der Waals surface area contributed by atoms with Crippen LogP contribution in [0.25, 0.3) is 0 Å². The second-order valence-corrected chi connectivity index (χ2v) is 9.28. The molecule has 0 heterocycles. The maximum Gasteiger partial charge on any atom is 0.251 e. The lowest BCUT2D eigenvalue weighted by Gasteiger charge is -2.14. The summed E-state index contributed by atoms with van der Waals surface area (Å²) >= 11 is 3.52. The van der Waals surface area contributed by atoms with E-state index >= 15 is 0 Å². The summed E-state index contributed by atoms with van der Waals surface area (Å²) < 4.78 is 17.9. The lowest BCUT2D eigenvalue weighted by Crippen LogP contribution is -2.22. The summed E-state index contributed by atoms with van der Waals surface area (Å²) in [6.07, 6.45) is 1.80. The van der Waals surface area contributed by atoms with Crippen molar-refractivity contribution in [3.63, 3.8) is 0 Å². The number of ether oxygens (including phenoxy) is 3. The molecule has 0 aromatic heterocycles. The summed E-state index contributed by atoms with van der Waals surface area (Å²) in [5.41, 5.74) is 2.71. The van der Waals surface area contributed by atoms with Gasteiger partial charge in [-0.3, -0.25) is 4.79 Å². The molecule has 0 radical (unpaired) electrons. The van der Waals surface area contributed by atoms with Gasteiger partial charge < -0.3 is 19.5 Å². The molecule has 180 valence electrons. The number of hydrogen-bond donors (Lipinski definition) is 1. The smallest absolute Gasteiger partial charge is 0.251 e. The van der Waals surface area contributed by atoms with E-state index in [0.29, 0.717) is 48.5 Å². The highest BCUT2D eigenvalue weighted by molar-refractivity contribution is 9.10. The molecule has 0 aliphatic rings. The molecule has 5 nitrogen and oxygen atoms in total. The zero-order chi connectivity index (χ0) is 24.3. The van der Waals surface area contributed by atoms with Crippen molar-refractivity contribution in [1.82, 2.24) is 5.32 Å². The monoisotopic (exact) mass is 525 g/mol. The number of amides is 1. The number of nitrogens with one attached hydrogen (secondary N) is 1. The first-order valence-corrected chi connectivity index (χ1v) is 12.3. The Balaban J connectivity index is 1.52. The summed E-state index contributed by atoms with van der Waals surface area (Å²) in [7, 11) is 1.62. The van der Waals surface area contributed by atoms with Crippen molar-refractivity contribution >= 4 is 21.8 Å². The van der Waals surface area contributed by atoms with Crippen LogP contribution in [0.5, 0.6) is 17.2 Å². The van der Waals surface area contributed by atoms with Gasteiger partial charge in [-0.2, -0.15) is 0 Å². The number of carbonyl (C=O) groups is 1. The zero-order valence-corrected chi connectivity index (χ0v) is 21.6. The molecule has 0 fully saturated rings. The van der Waals surface area contributed by atoms with Gasteiger partial charge in [0.1, 0.15) is 5.75 Å². The molecule has 3 aromatic rings. The van der Waals surface area contributed by atoms with Crippen LogP contribution in [0.15, 0.2) is 71.2 Å². The Labute approximate surface area is 210 Å². The molecule has 1 amide bonds. The highest BCUT2D eigenvalue weighted by atomic mass is 79.9. The molecule has 0 saturated heterocycles. The van der Waals surface area contributed by atoms with Crippen LogP contribution >= 0.6 is 15.9 Å². The van der Waals surface area contributed by atoms with Crippen molar-refractivity contribution in [3.8, 4) is 17.2 Å². The molecular weight excluding hydrogens is 494 g/mol. The van der Waals surface area contributed by atoms with Crippen LogP contribution in [0.3, 0.4) is 0 Å². The van der Waals surface area contributed by atoms with E-state index in [1.165, 1.54) is 5.56 Å². The molecule has 3 rings (SSSR count). The molecule has 34 heavy (non-hydrogen) atoms. The molecule has 6 heteroatoms. The quantitative estimate of drug-likeness (QED) is 0.295. The van der Waals surface area contributed by atoms with Crippen LogP contribution in [0.4, 0.5) is 0 Å². The Morgan fingerprint density at radius 2 is 1.62 bits per heavy atom. The minimum atomic E-state index is -0.159. The van der Waals surface area contributed by atoms with Gasteiger partial charge in [0.15, 0.2) is 11.5 Å². The van der Waals surface area contributed by atoms with E-state index in [2.05, 4.69) is 47.2 Å². The lowest BCUT2D eigenvalue weighted by molar-refractivity contribution is 0.0950. The topological polar surface area (TPSA) is 56.8 Å². The van der Waals surface area contributed by atoms with Gasteiger partial charge in [0.2, 0.25) is 0 Å². The molecule has 0 unspecified atom stereocenters. The van der Waals surface area contributed by atoms with E-state index in [0.717, 1.165) is 22.9 Å². The minimum Gasteiger partial charge on any atom is -0.493 e. The maximum atomic E-state index is 12.7. The van der Waals surface area contributed by atoms with Gasteiger partial charge in [-0.05, 0) is 69.7 Å². The molecule has 0 spiro atoms. The van der Waals surface area contributed by atoms with Gasteiger partial charge in [-0.15, -0.1) is 0 Å². The first-order valence-electron chi connectivity index (χ1n) is 11.5. The number of halogens is 1. The van der Waals surface area contributed by atoms with Gasteiger partial charge in [0.05, 0.1) is 24.8 Å². The normalized spacial score (nSPS) is 10.7. The Hall–Kier alpha value is -2.99. The fourth-order valence-corrected chi connectivity index (χ4v) is 3.81. The average Bonchev–Trinajstić information content (AvgIpc) is 2.84. The predicted octanol–water partition coefficient (Wildman–Crippen LogP) is 6.43. The molecule has 1 N–H and O–H groups in total. The second-order valence-electron chi connectivity index (χ2n) is 8.43. The molecule has 0 aliphatic carbocycles. The number of methoxy groups -OCH3 is 1. The van der Waals surface area contributed by atoms with Crippen molar-refractivity contribution in [2.45, 2.75) is 33.2 Å². The number of carbonyl (C=O) groups excluding carboxylic acids is 1. The Kier molecular flexibility index (Phi) is 9.83. The van der Waals surface area contributed by atoms with Crippen LogP contribution in [0, 0.1) is 5.92 Å². The van der Waals surface area contributed by atoms with Crippen LogP contribution < -0.4 is 19.5 Å². The highest BCUT2D eigenvalue weighted by Crippen LogP contribution is 2.29. The third-order valence-corrected chi connectivity index (χ3v) is 5.94. The third-order valence-electron chi connectivity index (χ3n) is 5.32. The summed E-state index contributed by atoms with van der Waals surface area (Å²) in [5, 5.41) is 2.96. The summed E-state index contributed by atoms with van der Waals surface area (Å²) in [6, 6.07) is 21.3. The molecule has 0 aliphatic heterocycles. The van der Waals surface area contributed by atoms with Crippen molar-refractivity contribution in [2.24, 2.45) is 5.92 Å². The Bertz CT molecular complexity index is 1070. The van der Waals surface area contributed by atoms with Crippen molar-refractivity contribution in [1.29, 1.82) is 0 Å². The molecule has 0 atom stereocenters. The van der Waals surface area contributed by atoms with Crippen molar-refractivity contribution < 1.29 is 19.0 Å². The largest absolute Gasteiger partial charge is 0.493 e. The molecular formula is C28H32BrNO4. The van der Waals surface area contributed by atoms with E-state index in [9.17, 15) is 4.79 Å². The maximum absolute atomic E-state index is 12.7. The van der Waals surface area contributed by atoms with Crippen LogP contribution in [0.1, 0.15) is 41.8 Å². The predicted molar refractivity (Wildman–Crippen MR) is 139 cm³/mol. The standard InChI is InChI=1S/C28H32BrNO4/c1-20(2)13-15-34-26-11-9-22(17-27(26)32-3)19-30-28(31)23-10-12-25(24(29)18-23)33-16-14-21-7-5-4-6-8-21/h4-12,17-18,20H,13-16,19H2,1-3H3,(H,30,31). The van der Waals surface area contributed by atoms with Gasteiger partial charge in [0, 0.05) is 18.5 Å². The minimum absolute atomic E-state index is 0.159. The van der Waals surface area contributed by atoms with E-state index < -0.39 is 0 Å². The molecule has 3 aromatic carbocycles. The van der Waals surface area contributed by atoms with Gasteiger partial charge in [-0.1, -0.05) is 50.2 Å². The SMILES string of the molecule is COc1cc(CNC(=O)c2ccc(OCCc3ccccc3)c(Br)c2)ccc1OCCC(C)C. The fraction of sp³-hybridized carbons (Fsp3) is 0.321. The van der Waals surface area contributed by atoms with E-state index in [1.807, 2.05) is 42.5 Å². The van der Waals surface area contributed by atoms with Gasteiger partial charge in [0.25, 0.3) is 5.91 Å². The van der Waals surface area contributed by atoms with Crippen LogP contribution in [0.2, 0.25) is 0 Å². The zero-order valence-electron chi connectivity index (χ0n) is 20.0. The number of benzene rings is 3. The number of hydrogen-bond acceptors (Lipinski definition) is 4. The lowest BCUT2D eigenvalue weighted by atomic mass is 10.1. The third kappa shape index (κ3) is 7.80. The van der Waals surface area contributed by atoms with Gasteiger partial charge >= 0.3 is 0 Å². The molecule has 0 saturated carbocycles. The van der Waals surface area contributed by atoms with Crippen molar-refractivity contribution in [2.75, 3.05) is 20.3 Å². The average molecular weight is 526 g/mol. The first-order chi connectivity index (χ1) is 16.5. The fourth-order valence-electron chi connectivity index (χ4n) is 3.31. The first kappa shape index (κ1) is 25.6. The van der Waals surface area contributed by atoms with E-state index in [1.54, 1.807) is 19.2 Å². The summed E-state index contributed by atoms with van der Waals surface area (Å²) in [6.45, 7) is 5.92. The molecule has 0 bridgehead atoms. The highest BCUT2D eigenvalue weighted by Gasteiger charge is 2.11. The van der Waals surface area contributed by atoms with Crippen LogP contribution in [-0.2, 0) is 13.0 Å². The Morgan fingerprint density at radius 1 is 0.882 bits per heavy atom. The van der Waals surface area contributed by atoms with E-state index in [4.69, 9.17) is 14.2 Å². The summed E-state index contributed by atoms with van der Waals surface area (Å²) in [5.74, 6) is 2.51. The summed E-state index contributed by atoms with van der Waals surface area (Å²) in [4.78, 5) is 12.7. The second kappa shape index (κ2) is 13.0. The van der Waals surface area contributed by atoms with Crippen molar-refractivity contribution in [3.05, 3.63) is 87.9 Å². The van der Waals surface area contributed by atoms with E-state index in [-0.39, 0.29) is 5.91 Å².